The standard InChI is InChI=1S/C31H32ClN3O7/c1-31(2,3)42-30(38)34-18-23-7-5-4-6-22(23)17-27(34)28(36)33-26(16-20-8-12-24(32)13-9-20)29(37)41-19-21-10-14-25(15-11-21)35(39)40/h4-15,26-27H,16-19H2,1-3H3,(H,33,36)/t26-,27-/m1/s1. The minimum Gasteiger partial charge on any atom is -0.459 e. The first-order valence-corrected chi connectivity index (χ1v) is 13.8. The van der Waals surface area contributed by atoms with Crippen LogP contribution in [0.5, 0.6) is 0 Å². The van der Waals surface area contributed by atoms with Gasteiger partial charge in [-0.3, -0.25) is 19.8 Å². The number of amides is 2. The van der Waals surface area contributed by atoms with E-state index in [1.54, 1.807) is 45.0 Å². The van der Waals surface area contributed by atoms with Crippen LogP contribution in [0.2, 0.25) is 5.02 Å². The second kappa shape index (κ2) is 13.0. The number of nitro benzene ring substituents is 1. The van der Waals surface area contributed by atoms with Gasteiger partial charge in [-0.1, -0.05) is 48.0 Å². The summed E-state index contributed by atoms with van der Waals surface area (Å²) in [4.78, 5) is 52.1. The van der Waals surface area contributed by atoms with Crippen molar-refractivity contribution in [2.75, 3.05) is 0 Å². The summed E-state index contributed by atoms with van der Waals surface area (Å²) in [6.45, 7) is 5.28. The number of fused-ring (bicyclic) bond motifs is 1. The molecule has 0 aliphatic carbocycles. The monoisotopic (exact) mass is 593 g/mol. The summed E-state index contributed by atoms with van der Waals surface area (Å²) in [6, 6.07) is 18.0. The predicted octanol–water partition coefficient (Wildman–Crippen LogP) is 5.38. The van der Waals surface area contributed by atoms with Gasteiger partial charge in [-0.25, -0.2) is 9.59 Å². The second-order valence-corrected chi connectivity index (χ2v) is 11.5. The van der Waals surface area contributed by atoms with E-state index in [9.17, 15) is 24.5 Å². The molecule has 3 aromatic rings. The average molecular weight is 594 g/mol. The minimum atomic E-state index is -1.09. The van der Waals surface area contributed by atoms with Gasteiger partial charge in [-0.05, 0) is 67.3 Å². The van der Waals surface area contributed by atoms with E-state index < -0.39 is 40.6 Å². The SMILES string of the molecule is CC(C)(C)OC(=O)N1Cc2ccccc2C[C@@H]1C(=O)N[C@H](Cc1ccc(Cl)cc1)C(=O)OCc1ccc([N+](=O)[O-])cc1. The third-order valence-corrected chi connectivity index (χ3v) is 6.91. The van der Waals surface area contributed by atoms with Crippen LogP contribution < -0.4 is 5.32 Å². The van der Waals surface area contributed by atoms with Crippen molar-refractivity contribution in [3.8, 4) is 0 Å². The summed E-state index contributed by atoms with van der Waals surface area (Å²) in [6.07, 6.45) is -0.281. The molecule has 10 nitrogen and oxygen atoms in total. The summed E-state index contributed by atoms with van der Waals surface area (Å²) >= 11 is 6.02. The highest BCUT2D eigenvalue weighted by molar-refractivity contribution is 6.30. The van der Waals surface area contributed by atoms with Gasteiger partial charge in [0.1, 0.15) is 24.3 Å². The molecule has 220 valence electrons. The van der Waals surface area contributed by atoms with Gasteiger partial charge in [0.15, 0.2) is 0 Å². The Labute approximate surface area is 248 Å². The van der Waals surface area contributed by atoms with Gasteiger partial charge < -0.3 is 14.8 Å². The van der Waals surface area contributed by atoms with E-state index in [2.05, 4.69) is 5.32 Å². The lowest BCUT2D eigenvalue weighted by Gasteiger charge is -2.37. The van der Waals surface area contributed by atoms with Gasteiger partial charge in [0, 0.05) is 30.0 Å². The fourth-order valence-electron chi connectivity index (χ4n) is 4.56. The van der Waals surface area contributed by atoms with E-state index in [1.165, 1.54) is 29.2 Å². The van der Waals surface area contributed by atoms with E-state index in [-0.39, 0.29) is 31.7 Å². The number of nitro groups is 1. The zero-order chi connectivity index (χ0) is 30.4. The Morgan fingerprint density at radius 1 is 1.00 bits per heavy atom. The van der Waals surface area contributed by atoms with Crippen molar-refractivity contribution in [2.24, 2.45) is 0 Å². The van der Waals surface area contributed by atoms with Gasteiger partial charge in [0.05, 0.1) is 11.5 Å². The Morgan fingerprint density at radius 2 is 1.62 bits per heavy atom. The maximum atomic E-state index is 13.8. The first-order valence-electron chi connectivity index (χ1n) is 13.4. The van der Waals surface area contributed by atoms with Crippen molar-refractivity contribution in [1.29, 1.82) is 0 Å². The highest BCUT2D eigenvalue weighted by Gasteiger charge is 2.38. The van der Waals surface area contributed by atoms with Gasteiger partial charge in [-0.2, -0.15) is 0 Å². The van der Waals surface area contributed by atoms with Crippen LogP contribution in [0, 0.1) is 10.1 Å². The number of nitrogens with one attached hydrogen (secondary N) is 1. The van der Waals surface area contributed by atoms with Gasteiger partial charge >= 0.3 is 12.1 Å². The predicted molar refractivity (Wildman–Crippen MR) is 156 cm³/mol. The Morgan fingerprint density at radius 3 is 2.24 bits per heavy atom. The van der Waals surface area contributed by atoms with E-state index >= 15 is 0 Å². The molecule has 0 aromatic heterocycles. The fourth-order valence-corrected chi connectivity index (χ4v) is 4.68. The molecule has 0 radical (unpaired) electrons. The number of ether oxygens (including phenoxy) is 2. The molecule has 3 aromatic carbocycles. The molecule has 11 heteroatoms. The lowest BCUT2D eigenvalue weighted by Crippen LogP contribution is -2.56. The molecule has 0 saturated heterocycles. The van der Waals surface area contributed by atoms with Crippen LogP contribution in [-0.4, -0.2) is 45.5 Å². The highest BCUT2D eigenvalue weighted by atomic mass is 35.5. The highest BCUT2D eigenvalue weighted by Crippen LogP contribution is 2.26. The number of halogens is 1. The maximum absolute atomic E-state index is 13.8. The Bertz CT molecular complexity index is 1450. The summed E-state index contributed by atoms with van der Waals surface area (Å²) in [5.74, 6) is -1.22. The van der Waals surface area contributed by atoms with E-state index in [0.717, 1.165) is 16.7 Å². The van der Waals surface area contributed by atoms with E-state index in [0.29, 0.717) is 10.6 Å². The summed E-state index contributed by atoms with van der Waals surface area (Å²) in [5, 5.41) is 14.3. The van der Waals surface area contributed by atoms with Crippen LogP contribution in [0.15, 0.2) is 72.8 Å². The van der Waals surface area contributed by atoms with Crippen LogP contribution >= 0.6 is 11.6 Å². The number of carbonyl (C=O) groups is 3. The number of hydrogen-bond acceptors (Lipinski definition) is 7. The fraction of sp³-hybridized carbons (Fsp3) is 0.323. The first-order chi connectivity index (χ1) is 19.9. The molecule has 2 atom stereocenters. The van der Waals surface area contributed by atoms with Crippen LogP contribution in [-0.2, 0) is 45.1 Å². The number of nitrogens with zero attached hydrogens (tertiary/aromatic N) is 2. The zero-order valence-corrected chi connectivity index (χ0v) is 24.3. The van der Waals surface area contributed by atoms with E-state index in [4.69, 9.17) is 21.1 Å². The number of hydrogen-bond donors (Lipinski definition) is 1. The van der Waals surface area contributed by atoms with Crippen molar-refractivity contribution in [1.82, 2.24) is 10.2 Å². The molecule has 0 spiro atoms. The number of rotatable bonds is 8. The first kappa shape index (κ1) is 30.5. The molecular weight excluding hydrogens is 562 g/mol. The Balaban J connectivity index is 1.55. The van der Waals surface area contributed by atoms with Crippen molar-refractivity contribution in [2.45, 2.75) is 64.4 Å². The normalized spacial score (nSPS) is 15.2. The summed E-state index contributed by atoms with van der Waals surface area (Å²) in [5.41, 5.74) is 2.26. The molecular formula is C31H32ClN3O7. The molecule has 1 N–H and O–H groups in total. The molecule has 42 heavy (non-hydrogen) atoms. The van der Waals surface area contributed by atoms with Crippen molar-refractivity contribution in [3.05, 3.63) is 110 Å². The molecule has 1 aliphatic heterocycles. The Kier molecular flexibility index (Phi) is 9.47. The van der Waals surface area contributed by atoms with Crippen LogP contribution in [0.1, 0.15) is 43.0 Å². The van der Waals surface area contributed by atoms with Crippen LogP contribution in [0.3, 0.4) is 0 Å². The van der Waals surface area contributed by atoms with Crippen LogP contribution in [0.4, 0.5) is 10.5 Å². The maximum Gasteiger partial charge on any atom is 0.411 e. The smallest absolute Gasteiger partial charge is 0.411 e. The van der Waals surface area contributed by atoms with Gasteiger partial charge in [0.2, 0.25) is 5.91 Å². The second-order valence-electron chi connectivity index (χ2n) is 11.0. The molecule has 0 unspecified atom stereocenters. The largest absolute Gasteiger partial charge is 0.459 e. The molecule has 2 amide bonds. The number of non-ortho nitro benzene ring substituents is 1. The lowest BCUT2D eigenvalue weighted by atomic mass is 9.93. The molecule has 4 rings (SSSR count). The molecule has 0 bridgehead atoms. The quantitative estimate of drug-likeness (QED) is 0.211. The number of esters is 1. The van der Waals surface area contributed by atoms with Crippen molar-refractivity contribution < 1.29 is 28.8 Å². The Hall–Kier alpha value is -4.44. The van der Waals surface area contributed by atoms with Crippen molar-refractivity contribution >= 4 is 35.3 Å². The third kappa shape index (κ3) is 8.07. The number of carbonyl (C=O) groups excluding carboxylic acids is 3. The molecule has 1 heterocycles. The minimum absolute atomic E-state index is 0.0819. The summed E-state index contributed by atoms with van der Waals surface area (Å²) < 4.78 is 11.1. The van der Waals surface area contributed by atoms with Gasteiger partial charge in [0.25, 0.3) is 5.69 Å². The zero-order valence-electron chi connectivity index (χ0n) is 23.5. The van der Waals surface area contributed by atoms with Crippen LogP contribution in [0.25, 0.3) is 0 Å². The number of benzene rings is 3. The molecule has 0 fully saturated rings. The third-order valence-electron chi connectivity index (χ3n) is 6.66. The molecule has 0 saturated carbocycles. The van der Waals surface area contributed by atoms with Gasteiger partial charge in [-0.15, -0.1) is 0 Å². The molecule has 1 aliphatic rings. The average Bonchev–Trinajstić information content (AvgIpc) is 2.95. The summed E-state index contributed by atoms with van der Waals surface area (Å²) in [7, 11) is 0. The lowest BCUT2D eigenvalue weighted by molar-refractivity contribution is -0.384. The topological polar surface area (TPSA) is 128 Å². The van der Waals surface area contributed by atoms with E-state index in [1.807, 2.05) is 24.3 Å². The van der Waals surface area contributed by atoms with Crippen molar-refractivity contribution in [3.63, 3.8) is 0 Å².